The minimum atomic E-state index is -0.380. The van der Waals surface area contributed by atoms with E-state index in [0.717, 1.165) is 16.4 Å². The van der Waals surface area contributed by atoms with Crippen LogP contribution >= 0.6 is 15.9 Å². The molecule has 0 aliphatic carbocycles. The van der Waals surface area contributed by atoms with Gasteiger partial charge >= 0.3 is 5.97 Å². The number of pyridine rings is 1. The molecule has 0 spiro atoms. The number of para-hydroxylation sites is 1. The quantitative estimate of drug-likeness (QED) is 0.554. The van der Waals surface area contributed by atoms with Gasteiger partial charge in [-0.05, 0) is 28.1 Å². The van der Waals surface area contributed by atoms with Crippen molar-refractivity contribution < 1.29 is 9.53 Å². The van der Waals surface area contributed by atoms with Gasteiger partial charge in [0.2, 0.25) is 0 Å². The fraction of sp³-hybridized carbons (Fsp3) is 0.0769. The minimum Gasteiger partial charge on any atom is -0.465 e. The van der Waals surface area contributed by atoms with E-state index >= 15 is 0 Å². The lowest BCUT2D eigenvalue weighted by atomic mass is 10.2. The van der Waals surface area contributed by atoms with Crippen LogP contribution in [0.1, 0.15) is 10.4 Å². The fourth-order valence-electron chi connectivity index (χ4n) is 2.04. The third-order valence-electron chi connectivity index (χ3n) is 2.84. The summed E-state index contributed by atoms with van der Waals surface area (Å²) in [5.41, 5.74) is 2.89. The molecule has 3 rings (SSSR count). The number of esters is 1. The molecule has 2 heterocycles. The summed E-state index contributed by atoms with van der Waals surface area (Å²) in [6, 6.07) is 9.45. The van der Waals surface area contributed by atoms with Gasteiger partial charge in [0, 0.05) is 10.9 Å². The first-order valence-corrected chi connectivity index (χ1v) is 6.15. The number of carbonyl (C=O) groups is 1. The number of carbonyl (C=O) groups excluding carboxylic acids is 1. The Bertz CT molecular complexity index is 764. The highest BCUT2D eigenvalue weighted by Crippen LogP contribution is 2.28. The molecular weight excluding hydrogens is 296 g/mol. The average molecular weight is 305 g/mol. The Kier molecular flexibility index (Phi) is 2.56. The maximum absolute atomic E-state index is 11.8. The van der Waals surface area contributed by atoms with Crippen molar-refractivity contribution in [2.75, 3.05) is 7.11 Å². The van der Waals surface area contributed by atoms with E-state index in [2.05, 4.69) is 25.9 Å². The number of methoxy groups -OCH3 is 1. The molecule has 2 aromatic heterocycles. The molecule has 0 fully saturated rings. The molecule has 0 radical (unpaired) electrons. The van der Waals surface area contributed by atoms with E-state index in [1.807, 2.05) is 24.3 Å². The number of ether oxygens (including phenoxy) is 1. The summed E-state index contributed by atoms with van der Waals surface area (Å²) < 4.78 is 5.40. The predicted octanol–water partition coefficient (Wildman–Crippen LogP) is 3.27. The molecule has 90 valence electrons. The summed E-state index contributed by atoms with van der Waals surface area (Å²) in [6.07, 6.45) is 0. The first kappa shape index (κ1) is 11.2. The molecule has 0 aliphatic heterocycles. The SMILES string of the molecule is COC(=O)c1cc(Br)nc2c1[nH]c1ccccc12. The van der Waals surface area contributed by atoms with E-state index in [1.54, 1.807) is 6.07 Å². The number of halogens is 1. The second kappa shape index (κ2) is 4.10. The Morgan fingerprint density at radius 1 is 1.39 bits per heavy atom. The number of nitrogens with zero attached hydrogens (tertiary/aromatic N) is 1. The van der Waals surface area contributed by atoms with Crippen molar-refractivity contribution in [3.8, 4) is 0 Å². The van der Waals surface area contributed by atoms with E-state index in [-0.39, 0.29) is 5.97 Å². The number of rotatable bonds is 1. The molecule has 0 aliphatic rings. The first-order valence-electron chi connectivity index (χ1n) is 5.36. The lowest BCUT2D eigenvalue weighted by Gasteiger charge is -2.01. The largest absolute Gasteiger partial charge is 0.465 e. The molecule has 0 saturated heterocycles. The van der Waals surface area contributed by atoms with Crippen molar-refractivity contribution in [3.05, 3.63) is 40.5 Å². The number of H-pyrrole nitrogens is 1. The van der Waals surface area contributed by atoms with Crippen molar-refractivity contribution in [1.29, 1.82) is 0 Å². The zero-order chi connectivity index (χ0) is 12.7. The lowest BCUT2D eigenvalue weighted by molar-refractivity contribution is 0.0602. The van der Waals surface area contributed by atoms with Gasteiger partial charge in [-0.2, -0.15) is 0 Å². The Balaban J connectivity index is 2.47. The molecule has 4 nitrogen and oxygen atoms in total. The van der Waals surface area contributed by atoms with Crippen molar-refractivity contribution in [1.82, 2.24) is 9.97 Å². The average Bonchev–Trinajstić information content (AvgIpc) is 2.75. The highest BCUT2D eigenvalue weighted by molar-refractivity contribution is 9.10. The van der Waals surface area contributed by atoms with Gasteiger partial charge in [-0.25, -0.2) is 9.78 Å². The predicted molar refractivity (Wildman–Crippen MR) is 72.6 cm³/mol. The molecule has 0 atom stereocenters. The monoisotopic (exact) mass is 304 g/mol. The maximum atomic E-state index is 11.8. The van der Waals surface area contributed by atoms with E-state index in [4.69, 9.17) is 4.74 Å². The van der Waals surface area contributed by atoms with Crippen molar-refractivity contribution in [2.24, 2.45) is 0 Å². The maximum Gasteiger partial charge on any atom is 0.340 e. The van der Waals surface area contributed by atoms with Crippen molar-refractivity contribution in [3.63, 3.8) is 0 Å². The van der Waals surface area contributed by atoms with Gasteiger partial charge in [-0.3, -0.25) is 0 Å². The van der Waals surface area contributed by atoms with Crippen LogP contribution < -0.4 is 0 Å². The summed E-state index contributed by atoms with van der Waals surface area (Å²) >= 11 is 3.32. The number of fused-ring (bicyclic) bond motifs is 3. The number of aromatic nitrogens is 2. The zero-order valence-corrected chi connectivity index (χ0v) is 11.1. The second-order valence-electron chi connectivity index (χ2n) is 3.88. The van der Waals surface area contributed by atoms with Crippen LogP contribution in [-0.2, 0) is 4.74 Å². The summed E-state index contributed by atoms with van der Waals surface area (Å²) in [5, 5.41) is 0.985. The standard InChI is InChI=1S/C13H9BrN2O2/c1-18-13(17)8-6-10(14)16-11-7-4-2-3-5-9(7)15-12(8)11/h2-6,15H,1H3. The molecule has 1 N–H and O–H groups in total. The highest BCUT2D eigenvalue weighted by atomic mass is 79.9. The van der Waals surface area contributed by atoms with Crippen LogP contribution in [0.3, 0.4) is 0 Å². The zero-order valence-electron chi connectivity index (χ0n) is 9.53. The number of aromatic amines is 1. The lowest BCUT2D eigenvalue weighted by Crippen LogP contribution is -2.02. The molecule has 5 heteroatoms. The van der Waals surface area contributed by atoms with Crippen LogP contribution in [0.4, 0.5) is 0 Å². The molecular formula is C13H9BrN2O2. The summed E-state index contributed by atoms with van der Waals surface area (Å²) in [7, 11) is 1.37. The smallest absolute Gasteiger partial charge is 0.340 e. The number of benzene rings is 1. The number of nitrogens with one attached hydrogen (secondary N) is 1. The molecule has 0 amide bonds. The van der Waals surface area contributed by atoms with E-state index in [1.165, 1.54) is 7.11 Å². The van der Waals surface area contributed by atoms with Crippen LogP contribution in [0, 0.1) is 0 Å². The normalized spacial score (nSPS) is 11.0. The minimum absolute atomic E-state index is 0.380. The Labute approximate surface area is 111 Å². The summed E-state index contributed by atoms with van der Waals surface area (Å²) in [4.78, 5) is 19.4. The van der Waals surface area contributed by atoms with Gasteiger partial charge in [0.05, 0.1) is 23.7 Å². The second-order valence-corrected chi connectivity index (χ2v) is 4.69. The number of hydrogen-bond acceptors (Lipinski definition) is 3. The Morgan fingerprint density at radius 2 is 2.17 bits per heavy atom. The molecule has 18 heavy (non-hydrogen) atoms. The summed E-state index contributed by atoms with van der Waals surface area (Å²) in [6.45, 7) is 0. The van der Waals surface area contributed by atoms with Crippen LogP contribution in [0.5, 0.6) is 0 Å². The fourth-order valence-corrected chi connectivity index (χ4v) is 2.45. The molecule has 3 aromatic rings. The third kappa shape index (κ3) is 1.59. The molecule has 0 unspecified atom stereocenters. The Hall–Kier alpha value is -1.88. The molecule has 0 bridgehead atoms. The van der Waals surface area contributed by atoms with Gasteiger partial charge in [-0.1, -0.05) is 18.2 Å². The van der Waals surface area contributed by atoms with Crippen molar-refractivity contribution >= 4 is 43.8 Å². The topological polar surface area (TPSA) is 55.0 Å². The number of hydrogen-bond donors (Lipinski definition) is 1. The van der Waals surface area contributed by atoms with E-state index in [0.29, 0.717) is 15.7 Å². The van der Waals surface area contributed by atoms with Gasteiger partial charge in [-0.15, -0.1) is 0 Å². The van der Waals surface area contributed by atoms with Gasteiger partial charge < -0.3 is 9.72 Å². The van der Waals surface area contributed by atoms with Gasteiger partial charge in [0.1, 0.15) is 4.60 Å². The van der Waals surface area contributed by atoms with Gasteiger partial charge in [0.25, 0.3) is 0 Å². The van der Waals surface area contributed by atoms with Crippen LogP contribution in [-0.4, -0.2) is 23.0 Å². The Morgan fingerprint density at radius 3 is 2.94 bits per heavy atom. The first-order chi connectivity index (χ1) is 8.70. The van der Waals surface area contributed by atoms with Crippen LogP contribution in [0.25, 0.3) is 21.9 Å². The van der Waals surface area contributed by atoms with E-state index in [9.17, 15) is 4.79 Å². The molecule has 1 aromatic carbocycles. The van der Waals surface area contributed by atoms with Crippen LogP contribution in [0.15, 0.2) is 34.9 Å². The summed E-state index contributed by atoms with van der Waals surface area (Å²) in [5.74, 6) is -0.380. The van der Waals surface area contributed by atoms with Gasteiger partial charge in [0.15, 0.2) is 0 Å². The van der Waals surface area contributed by atoms with Crippen molar-refractivity contribution in [2.45, 2.75) is 0 Å². The highest BCUT2D eigenvalue weighted by Gasteiger charge is 2.16. The van der Waals surface area contributed by atoms with E-state index < -0.39 is 0 Å². The molecule has 0 saturated carbocycles. The van der Waals surface area contributed by atoms with Crippen LogP contribution in [0.2, 0.25) is 0 Å². The third-order valence-corrected chi connectivity index (χ3v) is 3.24.